The predicted octanol–water partition coefficient (Wildman–Crippen LogP) is 4.78. The first-order chi connectivity index (χ1) is 11.3. The van der Waals surface area contributed by atoms with Gasteiger partial charge < -0.3 is 5.32 Å². The van der Waals surface area contributed by atoms with Crippen molar-refractivity contribution >= 4 is 34.1 Å². The Morgan fingerprint density at radius 2 is 1.88 bits per heavy atom. The molecule has 3 aromatic rings. The van der Waals surface area contributed by atoms with Gasteiger partial charge in [0.2, 0.25) is 0 Å². The van der Waals surface area contributed by atoms with Crippen molar-refractivity contribution in [3.05, 3.63) is 58.7 Å². The van der Waals surface area contributed by atoms with Gasteiger partial charge in [-0.1, -0.05) is 56.6 Å². The molecule has 24 heavy (non-hydrogen) atoms. The number of rotatable bonds is 2. The van der Waals surface area contributed by atoms with E-state index in [1.165, 1.54) is 0 Å². The predicted molar refractivity (Wildman–Crippen MR) is 98.8 cm³/mol. The van der Waals surface area contributed by atoms with Crippen LogP contribution in [0.15, 0.2) is 42.6 Å². The van der Waals surface area contributed by atoms with Crippen LogP contribution in [0.5, 0.6) is 0 Å². The number of anilines is 1. The zero-order chi connectivity index (χ0) is 17.5. The molecule has 124 valence electrons. The summed E-state index contributed by atoms with van der Waals surface area (Å²) in [6.07, 6.45) is 1.75. The molecule has 0 radical (unpaired) electrons. The van der Waals surface area contributed by atoms with E-state index < -0.39 is 0 Å². The van der Waals surface area contributed by atoms with Gasteiger partial charge in [-0.3, -0.25) is 9.48 Å². The van der Waals surface area contributed by atoms with E-state index in [0.29, 0.717) is 16.3 Å². The summed E-state index contributed by atoms with van der Waals surface area (Å²) in [5, 5.41) is 8.67. The van der Waals surface area contributed by atoms with E-state index in [4.69, 9.17) is 11.6 Å². The van der Waals surface area contributed by atoms with Crippen molar-refractivity contribution in [1.82, 2.24) is 9.78 Å². The molecule has 0 saturated heterocycles. The van der Waals surface area contributed by atoms with E-state index in [-0.39, 0.29) is 11.3 Å². The maximum absolute atomic E-state index is 12.8. The summed E-state index contributed by atoms with van der Waals surface area (Å²) in [6, 6.07) is 11.3. The minimum Gasteiger partial charge on any atom is -0.321 e. The van der Waals surface area contributed by atoms with Crippen molar-refractivity contribution in [1.29, 1.82) is 0 Å². The Balaban J connectivity index is 2.00. The molecule has 2 aromatic carbocycles. The van der Waals surface area contributed by atoms with Gasteiger partial charge in [-0.15, -0.1) is 0 Å². The first kappa shape index (κ1) is 16.5. The van der Waals surface area contributed by atoms with Gasteiger partial charge in [0.05, 0.1) is 28.0 Å². The van der Waals surface area contributed by atoms with Gasteiger partial charge in [0.25, 0.3) is 5.91 Å². The molecule has 0 aliphatic rings. The van der Waals surface area contributed by atoms with Gasteiger partial charge >= 0.3 is 0 Å². The molecule has 1 N–H and O–H groups in total. The van der Waals surface area contributed by atoms with Crippen LogP contribution in [0.25, 0.3) is 10.9 Å². The van der Waals surface area contributed by atoms with E-state index in [2.05, 4.69) is 31.2 Å². The number of nitrogens with zero attached hydrogens (tertiary/aromatic N) is 2. The second-order valence-corrected chi connectivity index (χ2v) is 7.26. The van der Waals surface area contributed by atoms with Crippen molar-refractivity contribution in [3.8, 4) is 0 Å². The number of aromatic nitrogens is 2. The molecule has 0 fully saturated rings. The van der Waals surface area contributed by atoms with Gasteiger partial charge in [0.15, 0.2) is 0 Å². The van der Waals surface area contributed by atoms with Gasteiger partial charge in [0, 0.05) is 12.4 Å². The van der Waals surface area contributed by atoms with Crippen LogP contribution in [0.3, 0.4) is 0 Å². The molecule has 4 nitrogen and oxygen atoms in total. The lowest BCUT2D eigenvalue weighted by Gasteiger charge is -2.22. The summed E-state index contributed by atoms with van der Waals surface area (Å²) in [7, 11) is 1.83. The smallest absolute Gasteiger partial charge is 0.257 e. The zero-order valence-corrected chi connectivity index (χ0v) is 15.0. The van der Waals surface area contributed by atoms with Crippen LogP contribution in [0.4, 0.5) is 5.69 Å². The number of carbonyl (C=O) groups is 1. The summed E-state index contributed by atoms with van der Waals surface area (Å²) in [5.74, 6) is -0.197. The van der Waals surface area contributed by atoms with Crippen molar-refractivity contribution in [3.63, 3.8) is 0 Å². The normalized spacial score (nSPS) is 11.7. The summed E-state index contributed by atoms with van der Waals surface area (Å²) in [5.41, 5.74) is 2.90. The maximum Gasteiger partial charge on any atom is 0.257 e. The zero-order valence-electron chi connectivity index (χ0n) is 14.2. The third-order valence-electron chi connectivity index (χ3n) is 4.06. The summed E-state index contributed by atoms with van der Waals surface area (Å²) < 4.78 is 1.71. The van der Waals surface area contributed by atoms with Crippen LogP contribution in [0.1, 0.15) is 36.7 Å². The molecule has 1 heterocycles. The average Bonchev–Trinajstić information content (AvgIpc) is 2.90. The molecule has 1 amide bonds. The first-order valence-corrected chi connectivity index (χ1v) is 8.18. The molecule has 0 saturated carbocycles. The quantitative estimate of drug-likeness (QED) is 0.729. The SMILES string of the molecule is Cn1ncc2cccc(C(=O)Nc3cccc(C(C)(C)C)c3Cl)c21. The van der Waals surface area contributed by atoms with Gasteiger partial charge in [-0.2, -0.15) is 5.10 Å². The Bertz CT molecular complexity index is 922. The Morgan fingerprint density at radius 3 is 2.58 bits per heavy atom. The van der Waals surface area contributed by atoms with E-state index in [9.17, 15) is 4.79 Å². The minimum atomic E-state index is -0.197. The molecule has 5 heteroatoms. The molecule has 0 aliphatic heterocycles. The maximum atomic E-state index is 12.8. The average molecular weight is 342 g/mol. The minimum absolute atomic E-state index is 0.0973. The van der Waals surface area contributed by atoms with E-state index in [1.807, 2.05) is 37.4 Å². The van der Waals surface area contributed by atoms with Gasteiger partial charge in [-0.05, 0) is 23.1 Å². The Kier molecular flexibility index (Phi) is 4.10. The van der Waals surface area contributed by atoms with Crippen molar-refractivity contribution in [2.75, 3.05) is 5.32 Å². The highest BCUT2D eigenvalue weighted by Gasteiger charge is 2.20. The first-order valence-electron chi connectivity index (χ1n) is 7.80. The topological polar surface area (TPSA) is 46.9 Å². The molecule has 0 atom stereocenters. The Morgan fingerprint density at radius 1 is 1.17 bits per heavy atom. The number of fused-ring (bicyclic) bond motifs is 1. The number of halogens is 1. The lowest BCUT2D eigenvalue weighted by molar-refractivity contribution is 0.102. The number of amides is 1. The number of hydrogen-bond donors (Lipinski definition) is 1. The molecular formula is C19H20ClN3O. The molecular weight excluding hydrogens is 322 g/mol. The number of carbonyl (C=O) groups excluding carboxylic acids is 1. The lowest BCUT2D eigenvalue weighted by atomic mass is 9.87. The largest absolute Gasteiger partial charge is 0.321 e. The van der Waals surface area contributed by atoms with E-state index in [1.54, 1.807) is 16.9 Å². The fraction of sp³-hybridized carbons (Fsp3) is 0.263. The fourth-order valence-electron chi connectivity index (χ4n) is 2.81. The highest BCUT2D eigenvalue weighted by atomic mass is 35.5. The van der Waals surface area contributed by atoms with Crippen LogP contribution < -0.4 is 5.32 Å². The molecule has 0 bridgehead atoms. The number of nitrogens with one attached hydrogen (secondary N) is 1. The third kappa shape index (κ3) is 2.89. The second-order valence-electron chi connectivity index (χ2n) is 6.88. The van der Waals surface area contributed by atoms with Crippen LogP contribution >= 0.6 is 11.6 Å². The molecule has 3 rings (SSSR count). The van der Waals surface area contributed by atoms with Crippen molar-refractivity contribution in [2.24, 2.45) is 7.05 Å². The molecule has 0 unspecified atom stereocenters. The van der Waals surface area contributed by atoms with Crippen molar-refractivity contribution < 1.29 is 4.79 Å². The van der Waals surface area contributed by atoms with Crippen LogP contribution in [-0.4, -0.2) is 15.7 Å². The van der Waals surface area contributed by atoms with E-state index in [0.717, 1.165) is 16.5 Å². The van der Waals surface area contributed by atoms with Gasteiger partial charge in [0.1, 0.15) is 0 Å². The summed E-state index contributed by atoms with van der Waals surface area (Å²) in [4.78, 5) is 12.8. The van der Waals surface area contributed by atoms with Crippen molar-refractivity contribution in [2.45, 2.75) is 26.2 Å². The molecule has 0 aliphatic carbocycles. The second kappa shape index (κ2) is 5.95. The number of para-hydroxylation sites is 1. The fourth-order valence-corrected chi connectivity index (χ4v) is 3.27. The van der Waals surface area contributed by atoms with Crippen LogP contribution in [0, 0.1) is 0 Å². The standard InChI is InChI=1S/C19H20ClN3O/c1-19(2,3)14-9-6-10-15(16(14)20)22-18(24)13-8-5-7-12-11-21-23(4)17(12)13/h5-11H,1-4H3,(H,22,24). The monoisotopic (exact) mass is 341 g/mol. The number of hydrogen-bond acceptors (Lipinski definition) is 2. The summed E-state index contributed by atoms with van der Waals surface area (Å²) in [6.45, 7) is 6.28. The van der Waals surface area contributed by atoms with Gasteiger partial charge in [-0.25, -0.2) is 0 Å². The number of aryl methyl sites for hydroxylation is 1. The van der Waals surface area contributed by atoms with Crippen LogP contribution in [-0.2, 0) is 12.5 Å². The Hall–Kier alpha value is -2.33. The van der Waals surface area contributed by atoms with E-state index >= 15 is 0 Å². The summed E-state index contributed by atoms with van der Waals surface area (Å²) >= 11 is 6.52. The number of benzene rings is 2. The highest BCUT2D eigenvalue weighted by Crippen LogP contribution is 2.34. The molecule has 1 aromatic heterocycles. The molecule has 0 spiro atoms. The lowest BCUT2D eigenvalue weighted by Crippen LogP contribution is -2.16. The van der Waals surface area contributed by atoms with Crippen LogP contribution in [0.2, 0.25) is 5.02 Å². The highest BCUT2D eigenvalue weighted by molar-refractivity contribution is 6.35. The third-order valence-corrected chi connectivity index (χ3v) is 4.47. The Labute approximate surface area is 146 Å².